The fraction of sp³-hybridized carbons (Fsp3) is 0.263. The first kappa shape index (κ1) is 16.2. The molecule has 0 spiro atoms. The van der Waals surface area contributed by atoms with Crippen LogP contribution in [0.15, 0.2) is 48.5 Å². The Morgan fingerprint density at radius 1 is 1.21 bits per heavy atom. The highest BCUT2D eigenvalue weighted by Gasteiger charge is 2.18. The van der Waals surface area contributed by atoms with Gasteiger partial charge in [0.25, 0.3) is 0 Å². The van der Waals surface area contributed by atoms with E-state index in [1.807, 2.05) is 48.7 Å². The van der Waals surface area contributed by atoms with Crippen LogP contribution in [0.1, 0.15) is 37.7 Å². The van der Waals surface area contributed by atoms with E-state index in [1.54, 1.807) is 12.1 Å². The molecule has 0 fully saturated rings. The molecule has 24 heavy (non-hydrogen) atoms. The molecule has 1 aromatic heterocycles. The van der Waals surface area contributed by atoms with E-state index in [0.717, 1.165) is 16.9 Å². The normalized spacial score (nSPS) is 12.3. The summed E-state index contributed by atoms with van der Waals surface area (Å²) < 4.78 is 16.0. The Labute approximate surface area is 140 Å². The predicted octanol–water partition coefficient (Wildman–Crippen LogP) is 3.81. The van der Waals surface area contributed by atoms with Gasteiger partial charge in [-0.25, -0.2) is 9.37 Å². The summed E-state index contributed by atoms with van der Waals surface area (Å²) in [5.41, 5.74) is 2.35. The number of halogens is 1. The van der Waals surface area contributed by atoms with E-state index in [9.17, 15) is 9.18 Å². The third-order valence-electron chi connectivity index (χ3n) is 4.06. The smallest absolute Gasteiger partial charge is 0.220 e. The molecule has 0 aliphatic heterocycles. The van der Waals surface area contributed by atoms with Crippen LogP contribution in [0.2, 0.25) is 0 Å². The summed E-state index contributed by atoms with van der Waals surface area (Å²) in [5.74, 6) is 0.444. The third kappa shape index (κ3) is 3.15. The van der Waals surface area contributed by atoms with Gasteiger partial charge in [0.05, 0.1) is 23.6 Å². The van der Waals surface area contributed by atoms with Crippen molar-refractivity contribution in [2.24, 2.45) is 0 Å². The van der Waals surface area contributed by atoms with E-state index in [4.69, 9.17) is 0 Å². The second-order valence-corrected chi connectivity index (χ2v) is 5.78. The summed E-state index contributed by atoms with van der Waals surface area (Å²) >= 11 is 0. The third-order valence-corrected chi connectivity index (χ3v) is 4.06. The maximum atomic E-state index is 14.1. The number of aromatic nitrogens is 2. The second kappa shape index (κ2) is 6.83. The average molecular weight is 325 g/mol. The number of hydrogen-bond acceptors (Lipinski definition) is 2. The van der Waals surface area contributed by atoms with Gasteiger partial charge in [-0.1, -0.05) is 37.3 Å². The van der Waals surface area contributed by atoms with Crippen LogP contribution in [0, 0.1) is 5.82 Å². The van der Waals surface area contributed by atoms with E-state index in [-0.39, 0.29) is 17.8 Å². The standard InChI is InChI=1S/C19H20FN3O/c1-3-18(24)21-13(2)19-22-16-10-6-7-11-17(16)23(19)12-14-8-4-5-9-15(14)20/h4-11,13H,3,12H2,1-2H3,(H,21,24)/t13-/m0/s1. The van der Waals surface area contributed by atoms with Crippen molar-refractivity contribution in [1.29, 1.82) is 0 Å². The average Bonchev–Trinajstić information content (AvgIpc) is 2.95. The summed E-state index contributed by atoms with van der Waals surface area (Å²) in [6, 6.07) is 14.2. The van der Waals surface area contributed by atoms with Crippen molar-refractivity contribution >= 4 is 16.9 Å². The lowest BCUT2D eigenvalue weighted by Crippen LogP contribution is -2.28. The van der Waals surface area contributed by atoms with Crippen molar-refractivity contribution in [3.8, 4) is 0 Å². The maximum Gasteiger partial charge on any atom is 0.220 e. The van der Waals surface area contributed by atoms with E-state index >= 15 is 0 Å². The second-order valence-electron chi connectivity index (χ2n) is 5.78. The summed E-state index contributed by atoms with van der Waals surface area (Å²) in [6.45, 7) is 4.08. The minimum absolute atomic E-state index is 0.0352. The number of hydrogen-bond donors (Lipinski definition) is 1. The van der Waals surface area contributed by atoms with Crippen LogP contribution in [0.25, 0.3) is 11.0 Å². The van der Waals surface area contributed by atoms with Gasteiger partial charge in [0.2, 0.25) is 5.91 Å². The Bertz CT molecular complexity index is 872. The largest absolute Gasteiger partial charge is 0.346 e. The van der Waals surface area contributed by atoms with Crippen LogP contribution in [-0.4, -0.2) is 15.5 Å². The lowest BCUT2D eigenvalue weighted by molar-refractivity contribution is -0.121. The van der Waals surface area contributed by atoms with Crippen molar-refractivity contribution in [2.75, 3.05) is 0 Å². The number of carbonyl (C=O) groups is 1. The van der Waals surface area contributed by atoms with Gasteiger partial charge in [-0.3, -0.25) is 4.79 Å². The monoisotopic (exact) mass is 325 g/mol. The number of amides is 1. The number of fused-ring (bicyclic) bond motifs is 1. The van der Waals surface area contributed by atoms with Crippen LogP contribution in [0.3, 0.4) is 0 Å². The number of nitrogens with zero attached hydrogens (tertiary/aromatic N) is 2. The maximum absolute atomic E-state index is 14.1. The minimum Gasteiger partial charge on any atom is -0.346 e. The predicted molar refractivity (Wildman–Crippen MR) is 92.1 cm³/mol. The first-order valence-electron chi connectivity index (χ1n) is 8.08. The molecule has 2 aromatic carbocycles. The van der Waals surface area contributed by atoms with Crippen LogP contribution in [0.4, 0.5) is 4.39 Å². The molecule has 0 saturated carbocycles. The molecular formula is C19H20FN3O. The zero-order valence-corrected chi connectivity index (χ0v) is 13.8. The number of rotatable bonds is 5. The first-order chi connectivity index (χ1) is 11.6. The highest BCUT2D eigenvalue weighted by Crippen LogP contribution is 2.23. The van der Waals surface area contributed by atoms with Gasteiger partial charge in [-0.15, -0.1) is 0 Å². The van der Waals surface area contributed by atoms with Crippen LogP contribution < -0.4 is 5.32 Å². The van der Waals surface area contributed by atoms with Gasteiger partial charge in [-0.05, 0) is 25.1 Å². The number of para-hydroxylation sites is 2. The summed E-state index contributed by atoms with van der Waals surface area (Å²) in [7, 11) is 0. The molecule has 1 N–H and O–H groups in total. The van der Waals surface area contributed by atoms with Crippen molar-refractivity contribution in [2.45, 2.75) is 32.9 Å². The summed E-state index contributed by atoms with van der Waals surface area (Å²) in [4.78, 5) is 16.4. The Kier molecular flexibility index (Phi) is 4.60. The number of nitrogens with one attached hydrogen (secondary N) is 1. The molecule has 124 valence electrons. The molecule has 0 aliphatic rings. The highest BCUT2D eigenvalue weighted by molar-refractivity contribution is 5.78. The van der Waals surface area contributed by atoms with Crippen molar-refractivity contribution in [1.82, 2.24) is 14.9 Å². The number of imidazole rings is 1. The van der Waals surface area contributed by atoms with Gasteiger partial charge in [0.1, 0.15) is 11.6 Å². The van der Waals surface area contributed by atoms with Gasteiger partial charge in [0, 0.05) is 12.0 Å². The molecule has 3 aromatic rings. The Morgan fingerprint density at radius 2 is 1.92 bits per heavy atom. The van der Waals surface area contributed by atoms with Gasteiger partial charge >= 0.3 is 0 Å². The zero-order valence-electron chi connectivity index (χ0n) is 13.8. The van der Waals surface area contributed by atoms with E-state index in [2.05, 4.69) is 10.3 Å². The highest BCUT2D eigenvalue weighted by atomic mass is 19.1. The van der Waals surface area contributed by atoms with Crippen molar-refractivity contribution in [3.63, 3.8) is 0 Å². The molecule has 3 rings (SSSR count). The molecule has 4 nitrogen and oxygen atoms in total. The zero-order chi connectivity index (χ0) is 17.1. The molecule has 0 saturated heterocycles. The molecule has 0 radical (unpaired) electrons. The van der Waals surface area contributed by atoms with Gasteiger partial charge in [0.15, 0.2) is 0 Å². The van der Waals surface area contributed by atoms with E-state index in [1.165, 1.54) is 6.07 Å². The van der Waals surface area contributed by atoms with Crippen molar-refractivity contribution in [3.05, 3.63) is 65.7 Å². The molecule has 1 atom stereocenters. The molecular weight excluding hydrogens is 305 g/mol. The molecule has 1 amide bonds. The Balaban J connectivity index is 2.05. The molecule has 0 unspecified atom stereocenters. The Morgan fingerprint density at radius 3 is 2.67 bits per heavy atom. The first-order valence-corrected chi connectivity index (χ1v) is 8.08. The van der Waals surface area contributed by atoms with Gasteiger partial charge in [-0.2, -0.15) is 0 Å². The molecule has 5 heteroatoms. The Hall–Kier alpha value is -2.69. The SMILES string of the molecule is CCC(=O)N[C@@H](C)c1nc2ccccc2n1Cc1ccccc1F. The number of carbonyl (C=O) groups excluding carboxylic acids is 1. The summed E-state index contributed by atoms with van der Waals surface area (Å²) in [6.07, 6.45) is 0.415. The van der Waals surface area contributed by atoms with E-state index in [0.29, 0.717) is 18.5 Å². The topological polar surface area (TPSA) is 46.9 Å². The minimum atomic E-state index is -0.253. The van der Waals surface area contributed by atoms with Crippen molar-refractivity contribution < 1.29 is 9.18 Å². The molecule has 1 heterocycles. The van der Waals surface area contributed by atoms with Crippen LogP contribution in [0.5, 0.6) is 0 Å². The lowest BCUT2D eigenvalue weighted by atomic mass is 10.2. The van der Waals surface area contributed by atoms with E-state index < -0.39 is 0 Å². The van der Waals surface area contributed by atoms with Crippen LogP contribution >= 0.6 is 0 Å². The van der Waals surface area contributed by atoms with Crippen LogP contribution in [-0.2, 0) is 11.3 Å². The lowest BCUT2D eigenvalue weighted by Gasteiger charge is -2.16. The fourth-order valence-corrected chi connectivity index (χ4v) is 2.80. The number of benzene rings is 2. The fourth-order valence-electron chi connectivity index (χ4n) is 2.80. The van der Waals surface area contributed by atoms with Gasteiger partial charge < -0.3 is 9.88 Å². The summed E-state index contributed by atoms with van der Waals surface area (Å²) in [5, 5.41) is 2.93. The molecule has 0 aliphatic carbocycles. The molecule has 0 bridgehead atoms. The quantitative estimate of drug-likeness (QED) is 0.775.